The van der Waals surface area contributed by atoms with E-state index in [2.05, 4.69) is 51.4 Å². The van der Waals surface area contributed by atoms with E-state index in [1.54, 1.807) is 0 Å². The van der Waals surface area contributed by atoms with Gasteiger partial charge in [0.15, 0.2) is 0 Å². The van der Waals surface area contributed by atoms with Crippen molar-refractivity contribution in [2.75, 3.05) is 5.73 Å². The predicted octanol–water partition coefficient (Wildman–Crippen LogP) is 4.75. The lowest BCUT2D eigenvalue weighted by Gasteiger charge is -2.27. The molecule has 4 nitrogen and oxygen atoms in total. The van der Waals surface area contributed by atoms with Crippen LogP contribution >= 0.6 is 0 Å². The van der Waals surface area contributed by atoms with E-state index in [1.165, 1.54) is 5.57 Å². The molecule has 0 aliphatic heterocycles. The SMILES string of the molecule is C=C(OC(=C(C)C)C(C)(C)C)C1CCC(c2cc(N)n[nH]2)C1. The van der Waals surface area contributed by atoms with Crippen LogP contribution in [0.3, 0.4) is 0 Å². The number of hydrogen-bond donors (Lipinski definition) is 2. The Morgan fingerprint density at radius 3 is 2.55 bits per heavy atom. The van der Waals surface area contributed by atoms with E-state index in [0.717, 1.165) is 36.5 Å². The van der Waals surface area contributed by atoms with Crippen LogP contribution in [0.1, 0.15) is 65.5 Å². The number of nitrogens with two attached hydrogens (primary N) is 1. The Morgan fingerprint density at radius 1 is 1.36 bits per heavy atom. The van der Waals surface area contributed by atoms with Gasteiger partial charge in [0.2, 0.25) is 0 Å². The van der Waals surface area contributed by atoms with Gasteiger partial charge in [0.1, 0.15) is 11.6 Å². The van der Waals surface area contributed by atoms with Crippen LogP contribution in [0.5, 0.6) is 0 Å². The van der Waals surface area contributed by atoms with Crippen LogP contribution in [-0.4, -0.2) is 10.2 Å². The summed E-state index contributed by atoms with van der Waals surface area (Å²) in [6, 6.07) is 1.94. The summed E-state index contributed by atoms with van der Waals surface area (Å²) in [5.41, 5.74) is 8.04. The van der Waals surface area contributed by atoms with Crippen molar-refractivity contribution >= 4 is 5.82 Å². The monoisotopic (exact) mass is 303 g/mol. The third kappa shape index (κ3) is 3.73. The molecule has 122 valence electrons. The molecule has 4 heteroatoms. The van der Waals surface area contributed by atoms with Crippen molar-refractivity contribution in [3.8, 4) is 0 Å². The van der Waals surface area contributed by atoms with E-state index in [0.29, 0.717) is 17.7 Å². The largest absolute Gasteiger partial charge is 0.466 e. The summed E-state index contributed by atoms with van der Waals surface area (Å²) in [6.07, 6.45) is 3.26. The highest BCUT2D eigenvalue weighted by Crippen LogP contribution is 2.43. The molecule has 1 aliphatic rings. The van der Waals surface area contributed by atoms with Gasteiger partial charge in [-0.1, -0.05) is 27.4 Å². The molecule has 0 saturated heterocycles. The third-order valence-corrected chi connectivity index (χ3v) is 4.31. The highest BCUT2D eigenvalue weighted by Gasteiger charge is 2.31. The number of anilines is 1. The molecular formula is C18H29N3O. The Bertz CT molecular complexity index is 573. The second kappa shape index (κ2) is 6.19. The fourth-order valence-corrected chi connectivity index (χ4v) is 3.34. The average Bonchev–Trinajstić information content (AvgIpc) is 3.02. The molecular weight excluding hydrogens is 274 g/mol. The summed E-state index contributed by atoms with van der Waals surface area (Å²) < 4.78 is 6.18. The molecule has 0 amide bonds. The van der Waals surface area contributed by atoms with E-state index in [-0.39, 0.29) is 5.41 Å². The van der Waals surface area contributed by atoms with E-state index in [9.17, 15) is 0 Å². The molecule has 2 atom stereocenters. The normalized spacial score (nSPS) is 21.7. The zero-order valence-electron chi connectivity index (χ0n) is 14.5. The average molecular weight is 303 g/mol. The first-order valence-corrected chi connectivity index (χ1v) is 8.04. The predicted molar refractivity (Wildman–Crippen MR) is 91.1 cm³/mol. The maximum Gasteiger partial charge on any atom is 0.145 e. The van der Waals surface area contributed by atoms with Gasteiger partial charge >= 0.3 is 0 Å². The van der Waals surface area contributed by atoms with Crippen molar-refractivity contribution in [2.45, 2.75) is 59.8 Å². The number of nitrogens with one attached hydrogen (secondary N) is 1. The first-order valence-electron chi connectivity index (χ1n) is 8.04. The summed E-state index contributed by atoms with van der Waals surface area (Å²) in [5, 5.41) is 7.06. The van der Waals surface area contributed by atoms with Crippen molar-refractivity contribution < 1.29 is 4.74 Å². The number of nitrogens with zero attached hydrogens (tertiary/aromatic N) is 1. The van der Waals surface area contributed by atoms with Crippen molar-refractivity contribution in [3.05, 3.63) is 35.4 Å². The summed E-state index contributed by atoms with van der Waals surface area (Å²) >= 11 is 0. The van der Waals surface area contributed by atoms with E-state index in [4.69, 9.17) is 10.5 Å². The van der Waals surface area contributed by atoms with Crippen molar-refractivity contribution in [3.63, 3.8) is 0 Å². The van der Waals surface area contributed by atoms with Gasteiger partial charge in [-0.15, -0.1) is 0 Å². The van der Waals surface area contributed by atoms with E-state index < -0.39 is 0 Å². The molecule has 3 N–H and O–H groups in total. The molecule has 1 saturated carbocycles. The molecule has 0 bridgehead atoms. The van der Waals surface area contributed by atoms with Crippen LogP contribution in [0.25, 0.3) is 0 Å². The summed E-state index contributed by atoms with van der Waals surface area (Å²) in [4.78, 5) is 0. The molecule has 1 fully saturated rings. The zero-order chi connectivity index (χ0) is 16.5. The van der Waals surface area contributed by atoms with Crippen LogP contribution in [0.4, 0.5) is 5.82 Å². The van der Waals surface area contributed by atoms with Crippen LogP contribution in [0.2, 0.25) is 0 Å². The van der Waals surface area contributed by atoms with Gasteiger partial charge in [-0.05, 0) is 38.7 Å². The number of aromatic amines is 1. The number of nitrogen functional groups attached to an aromatic ring is 1. The highest BCUT2D eigenvalue weighted by molar-refractivity contribution is 5.30. The quantitative estimate of drug-likeness (QED) is 0.789. The first kappa shape index (κ1) is 16.7. The van der Waals surface area contributed by atoms with Gasteiger partial charge in [0.05, 0.1) is 5.76 Å². The fourth-order valence-electron chi connectivity index (χ4n) is 3.34. The minimum atomic E-state index is -0.00238. The molecule has 1 heterocycles. The van der Waals surface area contributed by atoms with Crippen molar-refractivity contribution in [1.82, 2.24) is 10.2 Å². The summed E-state index contributed by atoms with van der Waals surface area (Å²) in [5.74, 6) is 3.35. The molecule has 22 heavy (non-hydrogen) atoms. The Labute approximate surface area is 133 Å². The maximum atomic E-state index is 6.18. The second-order valence-corrected chi connectivity index (χ2v) is 7.60. The number of rotatable bonds is 4. The molecule has 1 aromatic rings. The lowest BCUT2D eigenvalue weighted by atomic mass is 9.91. The van der Waals surface area contributed by atoms with Crippen molar-refractivity contribution in [1.29, 1.82) is 0 Å². The minimum absolute atomic E-state index is 0.00238. The smallest absolute Gasteiger partial charge is 0.145 e. The summed E-state index contributed by atoms with van der Waals surface area (Å²) in [6.45, 7) is 14.9. The van der Waals surface area contributed by atoms with Gasteiger partial charge in [-0.2, -0.15) is 5.10 Å². The molecule has 0 aromatic carbocycles. The van der Waals surface area contributed by atoms with Gasteiger partial charge in [0.25, 0.3) is 0 Å². The van der Waals surface area contributed by atoms with E-state index >= 15 is 0 Å². The molecule has 2 unspecified atom stereocenters. The van der Waals surface area contributed by atoms with Gasteiger partial charge in [-0.25, -0.2) is 0 Å². The van der Waals surface area contributed by atoms with Gasteiger partial charge in [0, 0.05) is 29.0 Å². The number of hydrogen-bond acceptors (Lipinski definition) is 3. The van der Waals surface area contributed by atoms with Gasteiger partial charge < -0.3 is 10.5 Å². The number of aromatic nitrogens is 2. The third-order valence-electron chi connectivity index (χ3n) is 4.31. The Kier molecular flexibility index (Phi) is 4.69. The fraction of sp³-hybridized carbons (Fsp3) is 0.611. The molecule has 1 aliphatic carbocycles. The summed E-state index contributed by atoms with van der Waals surface area (Å²) in [7, 11) is 0. The lowest BCUT2D eigenvalue weighted by Crippen LogP contribution is -2.16. The van der Waals surface area contributed by atoms with Crippen LogP contribution < -0.4 is 5.73 Å². The highest BCUT2D eigenvalue weighted by atomic mass is 16.5. The lowest BCUT2D eigenvalue weighted by molar-refractivity contribution is 0.185. The zero-order valence-corrected chi connectivity index (χ0v) is 14.5. The molecule has 0 radical (unpaired) electrons. The van der Waals surface area contributed by atoms with Crippen LogP contribution in [-0.2, 0) is 4.74 Å². The van der Waals surface area contributed by atoms with Crippen LogP contribution in [0, 0.1) is 11.3 Å². The first-order chi connectivity index (χ1) is 10.2. The number of ether oxygens (including phenoxy) is 1. The Hall–Kier alpha value is -1.71. The van der Waals surface area contributed by atoms with E-state index in [1.807, 2.05) is 6.07 Å². The molecule has 0 spiro atoms. The Morgan fingerprint density at radius 2 is 2.05 bits per heavy atom. The van der Waals surface area contributed by atoms with Crippen LogP contribution in [0.15, 0.2) is 29.7 Å². The van der Waals surface area contributed by atoms with Crippen molar-refractivity contribution in [2.24, 2.45) is 11.3 Å². The maximum absolute atomic E-state index is 6.18. The molecule has 2 rings (SSSR count). The topological polar surface area (TPSA) is 63.9 Å². The number of H-pyrrole nitrogens is 1. The van der Waals surface area contributed by atoms with Gasteiger partial charge in [-0.3, -0.25) is 5.10 Å². The minimum Gasteiger partial charge on any atom is -0.466 e. The second-order valence-electron chi connectivity index (χ2n) is 7.60. The number of allylic oxidation sites excluding steroid dienone is 3. The molecule has 1 aromatic heterocycles. The standard InChI is InChI=1S/C18H29N3O/c1-11(2)17(18(4,5)6)22-12(3)13-7-8-14(9-13)15-10-16(19)21-20-15/h10,13-14H,3,7-9H2,1-2,4-6H3,(H3,19,20,21). The Balaban J connectivity index is 2.01.